The van der Waals surface area contributed by atoms with Gasteiger partial charge < -0.3 is 10.1 Å². The van der Waals surface area contributed by atoms with Gasteiger partial charge in [-0.15, -0.1) is 0 Å². The first-order chi connectivity index (χ1) is 13.8. The second-order valence-electron chi connectivity index (χ2n) is 7.16. The molecule has 0 bridgehead atoms. The Morgan fingerprint density at radius 3 is 2.41 bits per heavy atom. The monoisotopic (exact) mass is 436 g/mol. The molecule has 29 heavy (non-hydrogen) atoms. The summed E-state index contributed by atoms with van der Waals surface area (Å²) in [4.78, 5) is 15.2. The molecular weight excluding hydrogens is 412 g/mol. The summed E-state index contributed by atoms with van der Waals surface area (Å²) >= 11 is 6.15. The largest absolute Gasteiger partial charge is 0.497 e. The average molecular weight is 437 g/mol. The van der Waals surface area contributed by atoms with E-state index in [1.807, 2.05) is 24.3 Å². The predicted octanol–water partition coefficient (Wildman–Crippen LogP) is 3.32. The Morgan fingerprint density at radius 1 is 1.17 bits per heavy atom. The summed E-state index contributed by atoms with van der Waals surface area (Å²) in [5, 5.41) is 3.15. The number of methoxy groups -OCH3 is 1. The standard InChI is InChI=1S/C21H25ClN2O4S/c1-28-16-7-5-15(6-8-16)20(24-11-3-4-12-24)14-23-21(25)18-13-17(29(2,26)27)9-10-19(18)22/h5-10,13,20H,3-4,11-12,14H2,1-2H3,(H,23,25). The molecule has 1 aliphatic rings. The molecule has 1 unspecified atom stereocenters. The number of carbonyl (C=O) groups is 1. The van der Waals surface area contributed by atoms with Gasteiger partial charge in [0.15, 0.2) is 9.84 Å². The topological polar surface area (TPSA) is 75.7 Å². The Kier molecular flexibility index (Phi) is 6.82. The van der Waals surface area contributed by atoms with Crippen LogP contribution in [0.5, 0.6) is 5.75 Å². The maximum absolute atomic E-state index is 12.8. The van der Waals surface area contributed by atoms with E-state index in [4.69, 9.17) is 16.3 Å². The van der Waals surface area contributed by atoms with Crippen molar-refractivity contribution in [2.45, 2.75) is 23.8 Å². The number of hydrogen-bond acceptors (Lipinski definition) is 5. The molecule has 1 amide bonds. The summed E-state index contributed by atoms with van der Waals surface area (Å²) in [6, 6.07) is 12.0. The fourth-order valence-electron chi connectivity index (χ4n) is 3.53. The van der Waals surface area contributed by atoms with E-state index in [0.29, 0.717) is 6.54 Å². The number of ether oxygens (including phenoxy) is 1. The molecule has 1 fully saturated rings. The number of sulfone groups is 1. The second kappa shape index (κ2) is 9.15. The number of nitrogens with one attached hydrogen (secondary N) is 1. The Hall–Kier alpha value is -2.09. The van der Waals surface area contributed by atoms with Crippen molar-refractivity contribution in [3.05, 3.63) is 58.6 Å². The second-order valence-corrected chi connectivity index (χ2v) is 9.58. The molecular formula is C21H25ClN2O4S. The summed E-state index contributed by atoms with van der Waals surface area (Å²) in [5.41, 5.74) is 1.24. The number of rotatable bonds is 7. The average Bonchev–Trinajstić information content (AvgIpc) is 3.22. The van der Waals surface area contributed by atoms with Crippen LogP contribution in [0.25, 0.3) is 0 Å². The number of amides is 1. The lowest BCUT2D eigenvalue weighted by Crippen LogP contribution is -2.37. The first-order valence-electron chi connectivity index (χ1n) is 9.45. The molecule has 1 aliphatic heterocycles. The normalized spacial score (nSPS) is 15.8. The first-order valence-corrected chi connectivity index (χ1v) is 11.7. The molecule has 8 heteroatoms. The van der Waals surface area contributed by atoms with E-state index in [1.54, 1.807) is 7.11 Å². The zero-order chi connectivity index (χ0) is 21.0. The fraction of sp³-hybridized carbons (Fsp3) is 0.381. The van der Waals surface area contributed by atoms with Gasteiger partial charge in [0, 0.05) is 12.8 Å². The Morgan fingerprint density at radius 2 is 1.83 bits per heavy atom. The molecule has 1 heterocycles. The molecule has 156 valence electrons. The van der Waals surface area contributed by atoms with Crippen LogP contribution in [0.1, 0.15) is 34.8 Å². The van der Waals surface area contributed by atoms with E-state index in [9.17, 15) is 13.2 Å². The van der Waals surface area contributed by atoms with Gasteiger partial charge in [0.2, 0.25) is 0 Å². The van der Waals surface area contributed by atoms with E-state index in [2.05, 4.69) is 10.2 Å². The number of likely N-dealkylation sites (tertiary alicyclic amines) is 1. The van der Waals surface area contributed by atoms with Gasteiger partial charge in [0.1, 0.15) is 5.75 Å². The zero-order valence-electron chi connectivity index (χ0n) is 16.5. The lowest BCUT2D eigenvalue weighted by Gasteiger charge is -2.28. The molecule has 0 radical (unpaired) electrons. The van der Waals surface area contributed by atoms with Gasteiger partial charge in [0.25, 0.3) is 5.91 Å². The Labute approximate surface area is 176 Å². The molecule has 2 aromatic carbocycles. The zero-order valence-corrected chi connectivity index (χ0v) is 18.1. The van der Waals surface area contributed by atoms with Crippen LogP contribution in [-0.4, -0.2) is 52.2 Å². The molecule has 1 N–H and O–H groups in total. The smallest absolute Gasteiger partial charge is 0.252 e. The van der Waals surface area contributed by atoms with Crippen LogP contribution in [0, 0.1) is 0 Å². The molecule has 3 rings (SSSR count). The van der Waals surface area contributed by atoms with Crippen molar-refractivity contribution in [1.82, 2.24) is 10.2 Å². The molecule has 6 nitrogen and oxygen atoms in total. The lowest BCUT2D eigenvalue weighted by molar-refractivity contribution is 0.0938. The molecule has 1 atom stereocenters. The van der Waals surface area contributed by atoms with Crippen molar-refractivity contribution in [2.75, 3.05) is 33.0 Å². The summed E-state index contributed by atoms with van der Waals surface area (Å²) in [6.07, 6.45) is 3.36. The molecule has 2 aromatic rings. The third-order valence-electron chi connectivity index (χ3n) is 5.15. The van der Waals surface area contributed by atoms with Crippen molar-refractivity contribution >= 4 is 27.3 Å². The summed E-state index contributed by atoms with van der Waals surface area (Å²) < 4.78 is 28.8. The molecule has 0 saturated carbocycles. The van der Waals surface area contributed by atoms with Gasteiger partial charge in [-0.3, -0.25) is 9.69 Å². The number of hydrogen-bond donors (Lipinski definition) is 1. The summed E-state index contributed by atoms with van der Waals surface area (Å²) in [6.45, 7) is 2.33. The summed E-state index contributed by atoms with van der Waals surface area (Å²) in [5.74, 6) is 0.389. The molecule has 1 saturated heterocycles. The maximum Gasteiger partial charge on any atom is 0.252 e. The minimum Gasteiger partial charge on any atom is -0.497 e. The van der Waals surface area contributed by atoms with Crippen molar-refractivity contribution in [1.29, 1.82) is 0 Å². The van der Waals surface area contributed by atoms with E-state index in [0.717, 1.165) is 43.5 Å². The van der Waals surface area contributed by atoms with Gasteiger partial charge in [0.05, 0.1) is 28.6 Å². The number of nitrogens with zero attached hydrogens (tertiary/aromatic N) is 1. The third kappa shape index (κ3) is 5.29. The summed E-state index contributed by atoms with van der Waals surface area (Å²) in [7, 11) is -1.80. The van der Waals surface area contributed by atoms with Crippen LogP contribution in [-0.2, 0) is 9.84 Å². The third-order valence-corrected chi connectivity index (χ3v) is 6.59. The van der Waals surface area contributed by atoms with Gasteiger partial charge in [-0.25, -0.2) is 8.42 Å². The molecule has 0 aromatic heterocycles. The van der Waals surface area contributed by atoms with Crippen LogP contribution in [0.3, 0.4) is 0 Å². The molecule has 0 aliphatic carbocycles. The number of halogens is 1. The predicted molar refractivity (Wildman–Crippen MR) is 113 cm³/mol. The van der Waals surface area contributed by atoms with E-state index >= 15 is 0 Å². The quantitative estimate of drug-likeness (QED) is 0.720. The van der Waals surface area contributed by atoms with Crippen LogP contribution in [0.4, 0.5) is 0 Å². The van der Waals surface area contributed by atoms with E-state index in [1.165, 1.54) is 18.2 Å². The van der Waals surface area contributed by atoms with Crippen LogP contribution < -0.4 is 10.1 Å². The van der Waals surface area contributed by atoms with Crippen LogP contribution >= 0.6 is 11.6 Å². The SMILES string of the molecule is COc1ccc(C(CNC(=O)c2cc(S(C)(=O)=O)ccc2Cl)N2CCCC2)cc1. The van der Waals surface area contributed by atoms with E-state index in [-0.39, 0.29) is 21.5 Å². The van der Waals surface area contributed by atoms with E-state index < -0.39 is 15.7 Å². The van der Waals surface area contributed by atoms with Crippen molar-refractivity contribution in [2.24, 2.45) is 0 Å². The lowest BCUT2D eigenvalue weighted by atomic mass is 10.0. The molecule has 0 spiro atoms. The van der Waals surface area contributed by atoms with Crippen LogP contribution in [0.2, 0.25) is 5.02 Å². The highest BCUT2D eigenvalue weighted by molar-refractivity contribution is 7.90. The first kappa shape index (κ1) is 21.6. The van der Waals surface area contributed by atoms with Gasteiger partial charge in [-0.1, -0.05) is 23.7 Å². The highest BCUT2D eigenvalue weighted by atomic mass is 35.5. The Balaban J connectivity index is 1.79. The fourth-order valence-corrected chi connectivity index (χ4v) is 4.38. The van der Waals surface area contributed by atoms with Crippen LogP contribution in [0.15, 0.2) is 47.4 Å². The van der Waals surface area contributed by atoms with Gasteiger partial charge >= 0.3 is 0 Å². The van der Waals surface area contributed by atoms with Crippen molar-refractivity contribution in [3.63, 3.8) is 0 Å². The minimum absolute atomic E-state index is 0.0178. The highest BCUT2D eigenvalue weighted by Crippen LogP contribution is 2.27. The maximum atomic E-state index is 12.8. The van der Waals surface area contributed by atoms with Crippen molar-refractivity contribution < 1.29 is 17.9 Å². The highest BCUT2D eigenvalue weighted by Gasteiger charge is 2.25. The van der Waals surface area contributed by atoms with Gasteiger partial charge in [-0.05, 0) is 61.8 Å². The van der Waals surface area contributed by atoms with Gasteiger partial charge in [-0.2, -0.15) is 0 Å². The van der Waals surface area contributed by atoms with Crippen molar-refractivity contribution in [3.8, 4) is 5.75 Å². The minimum atomic E-state index is -3.43. The number of carbonyl (C=O) groups excluding carboxylic acids is 1. The Bertz CT molecular complexity index is 971. The number of benzene rings is 2.